The standard InChI is InChI=1S/C33H31N/c1-4-12-26(13-5-1)30-20-31(27-14-6-2-7-15-27)22-32(21-30,28-16-8-3-9-17-28)25-33(23-30,24-31)29-18-10-11-19-34-29/h1-19H,20-25H2. The molecule has 0 atom stereocenters. The van der Waals surface area contributed by atoms with Gasteiger partial charge in [0.05, 0.1) is 0 Å². The maximum Gasteiger partial charge on any atom is 0.0466 e. The van der Waals surface area contributed by atoms with Crippen LogP contribution in [-0.4, -0.2) is 4.98 Å². The van der Waals surface area contributed by atoms with Crippen LogP contribution in [0, 0.1) is 0 Å². The summed E-state index contributed by atoms with van der Waals surface area (Å²) in [6.45, 7) is 0. The molecule has 1 aromatic heterocycles. The van der Waals surface area contributed by atoms with Gasteiger partial charge in [0.1, 0.15) is 0 Å². The van der Waals surface area contributed by atoms with Gasteiger partial charge in [0.2, 0.25) is 0 Å². The lowest BCUT2D eigenvalue weighted by atomic mass is 9.32. The fourth-order valence-electron chi connectivity index (χ4n) is 8.88. The third-order valence-electron chi connectivity index (χ3n) is 9.43. The Labute approximate surface area is 202 Å². The summed E-state index contributed by atoms with van der Waals surface area (Å²) in [6.07, 6.45) is 9.30. The van der Waals surface area contributed by atoms with Gasteiger partial charge in [-0.05, 0) is 83.6 Å². The Morgan fingerprint density at radius 2 is 0.735 bits per heavy atom. The van der Waals surface area contributed by atoms with Crippen molar-refractivity contribution in [2.75, 3.05) is 0 Å². The molecule has 4 aliphatic rings. The molecule has 0 amide bonds. The average molecular weight is 442 g/mol. The molecule has 0 saturated heterocycles. The molecule has 0 N–H and O–H groups in total. The number of hydrogen-bond acceptors (Lipinski definition) is 1. The molecule has 0 aliphatic heterocycles. The Morgan fingerprint density at radius 3 is 1.09 bits per heavy atom. The Bertz CT molecular complexity index is 1050. The SMILES string of the molecule is c1ccc(C23CC4(c5ccccc5)CC(c5ccccc5)(C2)CC(c2ccccn2)(C3)C4)cc1. The molecular weight excluding hydrogens is 410 g/mol. The number of hydrogen-bond donors (Lipinski definition) is 0. The van der Waals surface area contributed by atoms with E-state index in [1.54, 1.807) is 0 Å². The fourth-order valence-corrected chi connectivity index (χ4v) is 8.88. The molecule has 1 heterocycles. The molecule has 0 radical (unpaired) electrons. The highest BCUT2D eigenvalue weighted by Gasteiger charge is 2.69. The zero-order valence-electron chi connectivity index (χ0n) is 19.7. The van der Waals surface area contributed by atoms with Crippen LogP contribution >= 0.6 is 0 Å². The second-order valence-electron chi connectivity index (χ2n) is 11.5. The fraction of sp³-hybridized carbons (Fsp3) is 0.303. The molecular formula is C33H31N. The predicted molar refractivity (Wildman–Crippen MR) is 138 cm³/mol. The van der Waals surface area contributed by atoms with Gasteiger partial charge in [-0.2, -0.15) is 0 Å². The summed E-state index contributed by atoms with van der Waals surface area (Å²) in [6, 6.07) is 40.9. The van der Waals surface area contributed by atoms with Crippen LogP contribution < -0.4 is 0 Å². The Kier molecular flexibility index (Phi) is 4.25. The van der Waals surface area contributed by atoms with Crippen LogP contribution in [0.25, 0.3) is 0 Å². The van der Waals surface area contributed by atoms with Crippen LogP contribution in [0.1, 0.15) is 60.9 Å². The van der Waals surface area contributed by atoms with Crippen molar-refractivity contribution in [1.82, 2.24) is 4.98 Å². The maximum absolute atomic E-state index is 5.04. The first-order valence-corrected chi connectivity index (χ1v) is 12.7. The van der Waals surface area contributed by atoms with E-state index in [0.717, 1.165) is 0 Å². The highest BCUT2D eigenvalue weighted by molar-refractivity contribution is 5.48. The molecule has 4 saturated carbocycles. The average Bonchev–Trinajstić information content (AvgIpc) is 2.90. The molecule has 0 spiro atoms. The van der Waals surface area contributed by atoms with Gasteiger partial charge in [0.25, 0.3) is 0 Å². The van der Waals surface area contributed by atoms with E-state index in [1.807, 2.05) is 6.20 Å². The van der Waals surface area contributed by atoms with Gasteiger partial charge in [0, 0.05) is 17.3 Å². The third-order valence-corrected chi connectivity index (χ3v) is 9.43. The molecule has 8 rings (SSSR count). The Morgan fingerprint density at radius 1 is 0.382 bits per heavy atom. The van der Waals surface area contributed by atoms with Crippen molar-refractivity contribution in [2.24, 2.45) is 0 Å². The normalized spacial score (nSPS) is 33.6. The monoisotopic (exact) mass is 441 g/mol. The van der Waals surface area contributed by atoms with Crippen molar-refractivity contribution in [3.05, 3.63) is 138 Å². The Hall–Kier alpha value is -3.19. The summed E-state index contributed by atoms with van der Waals surface area (Å²) in [5, 5.41) is 0. The zero-order valence-corrected chi connectivity index (χ0v) is 19.7. The van der Waals surface area contributed by atoms with E-state index in [0.29, 0.717) is 0 Å². The minimum absolute atomic E-state index is 0.0809. The summed E-state index contributed by atoms with van der Waals surface area (Å²) in [4.78, 5) is 5.04. The van der Waals surface area contributed by atoms with Crippen LogP contribution in [0.4, 0.5) is 0 Å². The number of rotatable bonds is 4. The minimum atomic E-state index is 0.0809. The quantitative estimate of drug-likeness (QED) is 0.319. The first-order valence-electron chi connectivity index (χ1n) is 12.7. The number of benzene rings is 3. The lowest BCUT2D eigenvalue weighted by molar-refractivity contribution is -0.0706. The minimum Gasteiger partial charge on any atom is -0.261 e. The molecule has 4 aliphatic carbocycles. The number of pyridine rings is 1. The van der Waals surface area contributed by atoms with Gasteiger partial charge in [-0.25, -0.2) is 0 Å². The van der Waals surface area contributed by atoms with Crippen LogP contribution in [0.15, 0.2) is 115 Å². The number of nitrogens with zero attached hydrogens (tertiary/aromatic N) is 1. The summed E-state index contributed by atoms with van der Waals surface area (Å²) in [7, 11) is 0. The van der Waals surface area contributed by atoms with Gasteiger partial charge in [-0.15, -0.1) is 0 Å². The molecule has 4 aromatic rings. The molecule has 4 fully saturated rings. The molecule has 168 valence electrons. The second kappa shape index (κ2) is 7.15. The molecule has 1 heteroatoms. The van der Waals surface area contributed by atoms with E-state index >= 15 is 0 Å². The summed E-state index contributed by atoms with van der Waals surface area (Å²) in [5.74, 6) is 0. The van der Waals surface area contributed by atoms with Gasteiger partial charge in [-0.3, -0.25) is 4.98 Å². The molecule has 0 unspecified atom stereocenters. The van der Waals surface area contributed by atoms with E-state index in [2.05, 4.69) is 109 Å². The zero-order chi connectivity index (χ0) is 22.7. The van der Waals surface area contributed by atoms with Gasteiger partial charge in [-0.1, -0.05) is 97.1 Å². The van der Waals surface area contributed by atoms with Crippen molar-refractivity contribution < 1.29 is 0 Å². The van der Waals surface area contributed by atoms with E-state index in [9.17, 15) is 0 Å². The topological polar surface area (TPSA) is 12.9 Å². The van der Waals surface area contributed by atoms with E-state index in [1.165, 1.54) is 60.9 Å². The third kappa shape index (κ3) is 2.83. The summed E-state index contributed by atoms with van der Waals surface area (Å²) in [5.41, 5.74) is 6.41. The first kappa shape index (κ1) is 20.2. The lowest BCUT2D eigenvalue weighted by Gasteiger charge is -2.71. The molecule has 1 nitrogen and oxygen atoms in total. The largest absolute Gasteiger partial charge is 0.261 e. The lowest BCUT2D eigenvalue weighted by Crippen LogP contribution is -2.67. The van der Waals surface area contributed by atoms with Gasteiger partial charge in [0.15, 0.2) is 0 Å². The first-order chi connectivity index (χ1) is 16.7. The van der Waals surface area contributed by atoms with Crippen molar-refractivity contribution in [1.29, 1.82) is 0 Å². The predicted octanol–water partition coefficient (Wildman–Crippen LogP) is 7.51. The van der Waals surface area contributed by atoms with E-state index in [-0.39, 0.29) is 21.7 Å². The van der Waals surface area contributed by atoms with E-state index in [4.69, 9.17) is 4.98 Å². The van der Waals surface area contributed by atoms with Crippen LogP contribution in [0.5, 0.6) is 0 Å². The van der Waals surface area contributed by atoms with E-state index < -0.39 is 0 Å². The van der Waals surface area contributed by atoms with Crippen LogP contribution in [0.2, 0.25) is 0 Å². The molecule has 4 bridgehead atoms. The van der Waals surface area contributed by atoms with Crippen LogP contribution in [0.3, 0.4) is 0 Å². The highest BCUT2D eigenvalue weighted by atomic mass is 14.8. The molecule has 3 aromatic carbocycles. The van der Waals surface area contributed by atoms with Gasteiger partial charge >= 0.3 is 0 Å². The summed E-state index contributed by atoms with van der Waals surface area (Å²) >= 11 is 0. The second-order valence-corrected chi connectivity index (χ2v) is 11.5. The summed E-state index contributed by atoms with van der Waals surface area (Å²) < 4.78 is 0. The van der Waals surface area contributed by atoms with Crippen molar-refractivity contribution in [3.8, 4) is 0 Å². The number of aromatic nitrogens is 1. The molecule has 34 heavy (non-hydrogen) atoms. The highest BCUT2D eigenvalue weighted by Crippen LogP contribution is 2.74. The van der Waals surface area contributed by atoms with Gasteiger partial charge < -0.3 is 0 Å². The van der Waals surface area contributed by atoms with Crippen LogP contribution in [-0.2, 0) is 21.7 Å². The van der Waals surface area contributed by atoms with Crippen molar-refractivity contribution in [2.45, 2.75) is 60.2 Å². The van der Waals surface area contributed by atoms with Crippen molar-refractivity contribution >= 4 is 0 Å². The Balaban J connectivity index is 1.53. The van der Waals surface area contributed by atoms with Crippen molar-refractivity contribution in [3.63, 3.8) is 0 Å². The smallest absolute Gasteiger partial charge is 0.0466 e. The maximum atomic E-state index is 5.04.